The van der Waals surface area contributed by atoms with Gasteiger partial charge in [-0.3, -0.25) is 10.0 Å². The first-order valence-electron chi connectivity index (χ1n) is 2.61. The third-order valence-corrected chi connectivity index (χ3v) is 0.718. The van der Waals surface area contributed by atoms with Crippen LogP contribution < -0.4 is 5.48 Å². The summed E-state index contributed by atoms with van der Waals surface area (Å²) in [5, 5.41) is 16.9. The van der Waals surface area contributed by atoms with E-state index in [1.807, 2.05) is 0 Å². The van der Waals surface area contributed by atoms with Crippen molar-refractivity contribution in [3.63, 3.8) is 0 Å². The van der Waals surface area contributed by atoms with Gasteiger partial charge in [0.2, 0.25) is 5.91 Å². The molecule has 54 valence electrons. The first kappa shape index (κ1) is 8.39. The zero-order valence-electron chi connectivity index (χ0n) is 5.51. The van der Waals surface area contributed by atoms with Crippen molar-refractivity contribution in [1.29, 1.82) is 0 Å². The number of aliphatic hydroxyl groups is 1. The second-order valence-electron chi connectivity index (χ2n) is 2.52. The van der Waals surface area contributed by atoms with Crippen molar-refractivity contribution in [1.82, 2.24) is 5.48 Å². The zero-order chi connectivity index (χ0) is 7.49. The summed E-state index contributed by atoms with van der Waals surface area (Å²) in [5.74, 6) is -0.581. The van der Waals surface area contributed by atoms with Gasteiger partial charge in [0.25, 0.3) is 0 Å². The normalized spacial score (nSPS) is 11.1. The Morgan fingerprint density at radius 1 is 1.67 bits per heavy atom. The summed E-state index contributed by atoms with van der Waals surface area (Å²) >= 11 is 0. The van der Waals surface area contributed by atoms with Gasteiger partial charge >= 0.3 is 0 Å². The van der Waals surface area contributed by atoms with Crippen LogP contribution in [-0.2, 0) is 4.79 Å². The molecule has 0 aromatic heterocycles. The molecule has 0 atom stereocenters. The Kier molecular flexibility index (Phi) is 2.61. The van der Waals surface area contributed by atoms with Crippen molar-refractivity contribution in [2.24, 2.45) is 0 Å². The quantitative estimate of drug-likeness (QED) is 0.356. The Morgan fingerprint density at radius 2 is 2.11 bits per heavy atom. The lowest BCUT2D eigenvalue weighted by Crippen LogP contribution is -2.30. The monoisotopic (exact) mass is 133 g/mol. The average Bonchev–Trinajstić information content (AvgIpc) is 1.62. The van der Waals surface area contributed by atoms with Crippen LogP contribution in [0.25, 0.3) is 0 Å². The second-order valence-corrected chi connectivity index (χ2v) is 2.52. The lowest BCUT2D eigenvalue weighted by molar-refractivity contribution is -0.133. The Balaban J connectivity index is 3.60. The van der Waals surface area contributed by atoms with E-state index < -0.39 is 11.5 Å². The van der Waals surface area contributed by atoms with Crippen LogP contribution in [0.5, 0.6) is 0 Å². The molecule has 0 aliphatic rings. The van der Waals surface area contributed by atoms with Gasteiger partial charge in [0.05, 0.1) is 12.0 Å². The lowest BCUT2D eigenvalue weighted by Gasteiger charge is -2.14. The highest BCUT2D eigenvalue weighted by atomic mass is 16.5. The molecule has 0 radical (unpaired) electrons. The maximum Gasteiger partial charge on any atom is 0.246 e. The highest BCUT2D eigenvalue weighted by Crippen LogP contribution is 2.05. The SMILES string of the molecule is CC(C)(O)CC(=O)NO. The van der Waals surface area contributed by atoms with E-state index in [1.165, 1.54) is 19.3 Å². The molecule has 0 aromatic carbocycles. The van der Waals surface area contributed by atoms with E-state index in [0.717, 1.165) is 0 Å². The molecule has 0 aromatic rings. The highest BCUT2D eigenvalue weighted by molar-refractivity contribution is 5.75. The molecule has 0 heterocycles. The molecule has 0 bridgehead atoms. The van der Waals surface area contributed by atoms with Crippen LogP contribution in [0.2, 0.25) is 0 Å². The van der Waals surface area contributed by atoms with E-state index >= 15 is 0 Å². The lowest BCUT2D eigenvalue weighted by atomic mass is 10.1. The molecule has 0 aliphatic heterocycles. The Labute approximate surface area is 53.5 Å². The van der Waals surface area contributed by atoms with Crippen molar-refractivity contribution in [2.45, 2.75) is 25.9 Å². The molecule has 0 spiro atoms. The number of hydrogen-bond donors (Lipinski definition) is 3. The molecule has 0 saturated carbocycles. The molecule has 1 amide bonds. The third-order valence-electron chi connectivity index (χ3n) is 0.718. The van der Waals surface area contributed by atoms with Gasteiger partial charge in [-0.15, -0.1) is 0 Å². The van der Waals surface area contributed by atoms with E-state index in [4.69, 9.17) is 10.3 Å². The molecule has 0 aliphatic carbocycles. The molecular weight excluding hydrogens is 122 g/mol. The third kappa shape index (κ3) is 5.26. The summed E-state index contributed by atoms with van der Waals surface area (Å²) in [5.41, 5.74) is 0.374. The largest absolute Gasteiger partial charge is 0.390 e. The van der Waals surface area contributed by atoms with E-state index in [9.17, 15) is 4.79 Å². The van der Waals surface area contributed by atoms with Crippen LogP contribution in [0, 0.1) is 0 Å². The number of hydrogen-bond acceptors (Lipinski definition) is 3. The van der Waals surface area contributed by atoms with Crippen molar-refractivity contribution >= 4 is 5.91 Å². The number of hydroxylamine groups is 1. The topological polar surface area (TPSA) is 69.6 Å². The first-order valence-corrected chi connectivity index (χ1v) is 2.61. The van der Waals surface area contributed by atoms with Crippen LogP contribution in [0.15, 0.2) is 0 Å². The molecule has 0 saturated heterocycles. The van der Waals surface area contributed by atoms with Gasteiger partial charge in [-0.25, -0.2) is 5.48 Å². The van der Waals surface area contributed by atoms with Crippen molar-refractivity contribution in [3.8, 4) is 0 Å². The summed E-state index contributed by atoms with van der Waals surface area (Å²) < 4.78 is 0. The molecule has 4 heteroatoms. The smallest absolute Gasteiger partial charge is 0.246 e. The summed E-state index contributed by atoms with van der Waals surface area (Å²) in [6, 6.07) is 0. The van der Waals surface area contributed by atoms with Gasteiger partial charge in [0.15, 0.2) is 0 Å². The first-order chi connectivity index (χ1) is 3.95. The standard InChI is InChI=1S/C5H11NO3/c1-5(2,8)3-4(7)6-9/h8-9H,3H2,1-2H3,(H,6,7). The van der Waals surface area contributed by atoms with Crippen LogP contribution in [-0.4, -0.2) is 21.8 Å². The number of rotatable bonds is 2. The predicted molar refractivity (Wildman–Crippen MR) is 30.8 cm³/mol. The maximum absolute atomic E-state index is 10.3. The summed E-state index contributed by atoms with van der Waals surface area (Å²) in [4.78, 5) is 10.3. The molecule has 0 rings (SSSR count). The van der Waals surface area contributed by atoms with E-state index in [2.05, 4.69) is 0 Å². The minimum absolute atomic E-state index is 0.0938. The Hall–Kier alpha value is -0.610. The molecule has 4 nitrogen and oxygen atoms in total. The number of carbonyl (C=O) groups is 1. The number of nitrogens with one attached hydrogen (secondary N) is 1. The van der Waals surface area contributed by atoms with Crippen LogP contribution >= 0.6 is 0 Å². The molecule has 0 unspecified atom stereocenters. The van der Waals surface area contributed by atoms with Crippen LogP contribution in [0.3, 0.4) is 0 Å². The highest BCUT2D eigenvalue weighted by Gasteiger charge is 2.16. The van der Waals surface area contributed by atoms with Gasteiger partial charge in [0, 0.05) is 0 Å². The minimum atomic E-state index is -1.05. The minimum Gasteiger partial charge on any atom is -0.390 e. The fourth-order valence-electron chi connectivity index (χ4n) is 0.432. The Morgan fingerprint density at radius 3 is 2.22 bits per heavy atom. The van der Waals surface area contributed by atoms with E-state index in [1.54, 1.807) is 0 Å². The second kappa shape index (κ2) is 2.80. The summed E-state index contributed by atoms with van der Waals surface area (Å²) in [6.45, 7) is 2.98. The summed E-state index contributed by atoms with van der Waals surface area (Å²) in [6.07, 6.45) is -0.0938. The maximum atomic E-state index is 10.3. The van der Waals surface area contributed by atoms with Gasteiger partial charge < -0.3 is 5.11 Å². The molecule has 0 fully saturated rings. The Bertz CT molecular complexity index is 105. The molecular formula is C5H11NO3. The van der Waals surface area contributed by atoms with Crippen molar-refractivity contribution in [3.05, 3.63) is 0 Å². The molecule has 9 heavy (non-hydrogen) atoms. The average molecular weight is 133 g/mol. The van der Waals surface area contributed by atoms with E-state index in [0.29, 0.717) is 0 Å². The van der Waals surface area contributed by atoms with Crippen LogP contribution in [0.4, 0.5) is 0 Å². The van der Waals surface area contributed by atoms with Gasteiger partial charge in [-0.05, 0) is 13.8 Å². The zero-order valence-corrected chi connectivity index (χ0v) is 5.51. The van der Waals surface area contributed by atoms with Gasteiger partial charge in [0.1, 0.15) is 0 Å². The molecule has 3 N–H and O–H groups in total. The fraction of sp³-hybridized carbons (Fsp3) is 0.800. The van der Waals surface area contributed by atoms with Crippen molar-refractivity contribution in [2.75, 3.05) is 0 Å². The number of carbonyl (C=O) groups excluding carboxylic acids is 1. The van der Waals surface area contributed by atoms with Crippen LogP contribution in [0.1, 0.15) is 20.3 Å². The number of amides is 1. The van der Waals surface area contributed by atoms with Crippen molar-refractivity contribution < 1.29 is 15.1 Å². The van der Waals surface area contributed by atoms with Gasteiger partial charge in [-0.2, -0.15) is 0 Å². The fourth-order valence-corrected chi connectivity index (χ4v) is 0.432. The predicted octanol–water partition coefficient (Wildman–Crippen LogP) is -0.347. The van der Waals surface area contributed by atoms with Gasteiger partial charge in [-0.1, -0.05) is 0 Å². The summed E-state index contributed by atoms with van der Waals surface area (Å²) in [7, 11) is 0. The van der Waals surface area contributed by atoms with E-state index in [-0.39, 0.29) is 6.42 Å².